The molecule has 1 heterocycles. The second-order valence-electron chi connectivity index (χ2n) is 14.4. The van der Waals surface area contributed by atoms with E-state index in [4.69, 9.17) is 4.98 Å². The Balaban J connectivity index is 1.13. The number of aromatic nitrogens is 1. The zero-order valence-corrected chi connectivity index (χ0v) is 30.1. The summed E-state index contributed by atoms with van der Waals surface area (Å²) in [5.74, 6) is 0.480. The SMILES string of the molecule is C=CCC/C(C1=c2ccccc2=C(c2ccc(-c3ccc(C4=c5ccccc5=CCC4)nc3)cc2)C2C=CC=CC12)=C1/C=CC=C(c2ccccc2)C1. The normalized spacial score (nSPS) is 19.5. The summed E-state index contributed by atoms with van der Waals surface area (Å²) >= 11 is 0. The Hall–Kier alpha value is -6.05. The first-order valence-corrected chi connectivity index (χ1v) is 19.1. The highest BCUT2D eigenvalue weighted by atomic mass is 14.7. The lowest BCUT2D eigenvalue weighted by Crippen LogP contribution is -2.40. The number of hydrogen-bond acceptors (Lipinski definition) is 1. The van der Waals surface area contributed by atoms with Crippen LogP contribution in [0.25, 0.3) is 39.5 Å². The van der Waals surface area contributed by atoms with Gasteiger partial charge >= 0.3 is 0 Å². The molecule has 2 atom stereocenters. The van der Waals surface area contributed by atoms with Crippen LogP contribution in [0.2, 0.25) is 0 Å². The maximum atomic E-state index is 4.99. The van der Waals surface area contributed by atoms with E-state index in [0.717, 1.165) is 43.4 Å². The van der Waals surface area contributed by atoms with Crippen molar-refractivity contribution in [2.24, 2.45) is 11.8 Å². The zero-order chi connectivity index (χ0) is 35.6. The third-order valence-electron chi connectivity index (χ3n) is 11.4. The number of fused-ring (bicyclic) bond motifs is 3. The standard InChI is InChI=1S/C52H43N/c1-2-3-21-44(41-20-13-19-40(34-41)36-15-5-4-6-16-36)52-48-25-11-9-23-46(48)51(47-24-10-12-26-49(47)52)39-30-28-37(29-31-39)42-32-33-50(53-35-42)45-27-14-18-38-17-7-8-22-43(38)45/h2,4-13,15-20,22-26,28-33,35,46,48H,1,3,14,21,27,34H2/b44-41+. The van der Waals surface area contributed by atoms with Crippen LogP contribution < -0.4 is 20.9 Å². The minimum atomic E-state index is 0.236. The average molecular weight is 682 g/mol. The van der Waals surface area contributed by atoms with E-state index >= 15 is 0 Å². The van der Waals surface area contributed by atoms with Gasteiger partial charge in [0.15, 0.2) is 0 Å². The Morgan fingerprint density at radius 1 is 0.679 bits per heavy atom. The fraction of sp³-hybridized carbons (Fsp3) is 0.135. The van der Waals surface area contributed by atoms with Gasteiger partial charge in [-0.3, -0.25) is 4.98 Å². The molecule has 1 heteroatoms. The van der Waals surface area contributed by atoms with Gasteiger partial charge in [0.2, 0.25) is 0 Å². The molecule has 256 valence electrons. The van der Waals surface area contributed by atoms with Crippen LogP contribution in [0.3, 0.4) is 0 Å². The lowest BCUT2D eigenvalue weighted by molar-refractivity contribution is 0.679. The van der Waals surface area contributed by atoms with Crippen molar-refractivity contribution < 1.29 is 0 Å². The number of hydrogen-bond donors (Lipinski definition) is 0. The molecule has 0 N–H and O–H groups in total. The van der Waals surface area contributed by atoms with Crippen LogP contribution >= 0.6 is 0 Å². The number of pyridine rings is 1. The lowest BCUT2D eigenvalue weighted by Gasteiger charge is -2.35. The topological polar surface area (TPSA) is 12.9 Å². The molecular formula is C52H43N. The molecule has 4 aliphatic carbocycles. The Morgan fingerprint density at radius 2 is 1.40 bits per heavy atom. The third-order valence-corrected chi connectivity index (χ3v) is 11.4. The van der Waals surface area contributed by atoms with E-state index in [2.05, 4.69) is 177 Å². The summed E-state index contributed by atoms with van der Waals surface area (Å²) in [7, 11) is 0. The van der Waals surface area contributed by atoms with Gasteiger partial charge in [-0.25, -0.2) is 0 Å². The molecule has 2 unspecified atom stereocenters. The van der Waals surface area contributed by atoms with E-state index in [1.54, 1.807) is 0 Å². The van der Waals surface area contributed by atoms with Crippen LogP contribution in [0.1, 0.15) is 48.9 Å². The molecule has 0 radical (unpaired) electrons. The maximum absolute atomic E-state index is 4.99. The van der Waals surface area contributed by atoms with Crippen LogP contribution in [-0.4, -0.2) is 4.98 Å². The first-order valence-electron chi connectivity index (χ1n) is 19.1. The molecule has 0 saturated heterocycles. The van der Waals surface area contributed by atoms with Crippen molar-refractivity contribution in [1.82, 2.24) is 4.98 Å². The maximum Gasteiger partial charge on any atom is 0.0668 e. The highest BCUT2D eigenvalue weighted by Gasteiger charge is 2.33. The van der Waals surface area contributed by atoms with E-state index < -0.39 is 0 Å². The molecule has 4 aromatic carbocycles. The van der Waals surface area contributed by atoms with Crippen molar-refractivity contribution in [3.63, 3.8) is 0 Å². The predicted molar refractivity (Wildman–Crippen MR) is 223 cm³/mol. The van der Waals surface area contributed by atoms with Gasteiger partial charge in [-0.15, -0.1) is 6.58 Å². The molecule has 53 heavy (non-hydrogen) atoms. The summed E-state index contributed by atoms with van der Waals surface area (Å²) in [6, 6.07) is 42.2. The van der Waals surface area contributed by atoms with Crippen molar-refractivity contribution in [3.05, 3.63) is 225 Å². The lowest BCUT2D eigenvalue weighted by atomic mass is 9.68. The Morgan fingerprint density at radius 3 is 2.19 bits per heavy atom. The zero-order valence-electron chi connectivity index (χ0n) is 30.1. The number of nitrogens with zero attached hydrogens (tertiary/aromatic N) is 1. The summed E-state index contributed by atoms with van der Waals surface area (Å²) in [5.41, 5.74) is 14.4. The second kappa shape index (κ2) is 14.5. The molecule has 0 fully saturated rings. The number of rotatable bonds is 8. The van der Waals surface area contributed by atoms with Gasteiger partial charge in [0.25, 0.3) is 0 Å². The van der Waals surface area contributed by atoms with E-state index in [1.165, 1.54) is 71.0 Å². The summed E-state index contributed by atoms with van der Waals surface area (Å²) < 4.78 is 0. The van der Waals surface area contributed by atoms with Crippen LogP contribution in [0, 0.1) is 11.8 Å². The highest BCUT2D eigenvalue weighted by Crippen LogP contribution is 2.44. The molecular weight excluding hydrogens is 639 g/mol. The minimum Gasteiger partial charge on any atom is -0.256 e. The van der Waals surface area contributed by atoms with Gasteiger partial charge in [0.1, 0.15) is 0 Å². The fourth-order valence-electron chi connectivity index (χ4n) is 8.87. The van der Waals surface area contributed by atoms with Crippen molar-refractivity contribution >= 4 is 28.4 Å². The predicted octanol–water partition coefficient (Wildman–Crippen LogP) is 9.55. The molecule has 1 aromatic heterocycles. The average Bonchev–Trinajstić information content (AvgIpc) is 3.24. The minimum absolute atomic E-state index is 0.236. The molecule has 0 amide bonds. The second-order valence-corrected chi connectivity index (χ2v) is 14.4. The molecule has 0 spiro atoms. The Bertz CT molecular complexity index is 2620. The van der Waals surface area contributed by atoms with E-state index in [0.29, 0.717) is 0 Å². The number of allylic oxidation sites excluding steroid dienone is 11. The molecule has 0 saturated carbocycles. The third kappa shape index (κ3) is 6.27. The Labute approximate surface area is 312 Å². The quantitative estimate of drug-likeness (QED) is 0.149. The van der Waals surface area contributed by atoms with Crippen LogP contribution in [0.5, 0.6) is 0 Å². The molecule has 9 rings (SSSR count). The first kappa shape index (κ1) is 32.8. The van der Waals surface area contributed by atoms with Gasteiger partial charge < -0.3 is 0 Å². The highest BCUT2D eigenvalue weighted by molar-refractivity contribution is 5.83. The van der Waals surface area contributed by atoms with Crippen LogP contribution in [0.4, 0.5) is 0 Å². The first-order chi connectivity index (χ1) is 26.3. The van der Waals surface area contributed by atoms with Crippen molar-refractivity contribution in [3.8, 4) is 11.1 Å². The van der Waals surface area contributed by atoms with E-state index in [9.17, 15) is 0 Å². The molecule has 0 bridgehead atoms. The number of benzene rings is 4. The summed E-state index contributed by atoms with van der Waals surface area (Å²) in [5, 5.41) is 5.31. The monoisotopic (exact) mass is 681 g/mol. The fourth-order valence-corrected chi connectivity index (χ4v) is 8.87. The van der Waals surface area contributed by atoms with Crippen LogP contribution in [-0.2, 0) is 0 Å². The van der Waals surface area contributed by atoms with Crippen molar-refractivity contribution in [2.45, 2.75) is 32.1 Å². The Kier molecular flexibility index (Phi) is 9.00. The summed E-state index contributed by atoms with van der Waals surface area (Å²) in [6.45, 7) is 4.13. The molecule has 5 aromatic rings. The molecule has 0 aliphatic heterocycles. The van der Waals surface area contributed by atoms with E-state index in [1.807, 2.05) is 6.20 Å². The van der Waals surface area contributed by atoms with Gasteiger partial charge in [-0.1, -0.05) is 164 Å². The largest absolute Gasteiger partial charge is 0.256 e. The van der Waals surface area contributed by atoms with E-state index in [-0.39, 0.29) is 11.8 Å². The van der Waals surface area contributed by atoms with Gasteiger partial charge in [0.05, 0.1) is 5.69 Å². The van der Waals surface area contributed by atoms with Crippen molar-refractivity contribution in [2.75, 3.05) is 0 Å². The summed E-state index contributed by atoms with van der Waals surface area (Å²) in [6.07, 6.45) is 27.6. The summed E-state index contributed by atoms with van der Waals surface area (Å²) in [4.78, 5) is 4.99. The molecule has 1 nitrogen and oxygen atoms in total. The van der Waals surface area contributed by atoms with Gasteiger partial charge in [0, 0.05) is 23.6 Å². The molecule has 4 aliphatic rings. The smallest absolute Gasteiger partial charge is 0.0668 e. The van der Waals surface area contributed by atoms with Gasteiger partial charge in [-0.2, -0.15) is 0 Å². The van der Waals surface area contributed by atoms with Gasteiger partial charge in [-0.05, 0) is 109 Å². The van der Waals surface area contributed by atoms with Crippen LogP contribution in [0.15, 0.2) is 188 Å². The van der Waals surface area contributed by atoms with Crippen molar-refractivity contribution in [1.29, 1.82) is 0 Å².